The van der Waals surface area contributed by atoms with Crippen LogP contribution in [0.2, 0.25) is 0 Å². The van der Waals surface area contributed by atoms with Crippen molar-refractivity contribution in [2.75, 3.05) is 11.5 Å². The third-order valence-electron chi connectivity index (χ3n) is 5.67. The number of aryl methyl sites for hydroxylation is 1. The van der Waals surface area contributed by atoms with E-state index in [-0.39, 0.29) is 23.1 Å². The summed E-state index contributed by atoms with van der Waals surface area (Å²) in [5.41, 5.74) is 2.95. The van der Waals surface area contributed by atoms with Crippen molar-refractivity contribution in [2.24, 2.45) is 0 Å². The quantitative estimate of drug-likeness (QED) is 0.202. The molecule has 1 saturated heterocycles. The van der Waals surface area contributed by atoms with Crippen LogP contribution in [-0.2, 0) is 22.6 Å². The molecule has 0 bridgehead atoms. The molecule has 0 saturated carbocycles. The average Bonchev–Trinajstić information content (AvgIpc) is 2.88. The minimum atomic E-state index is -0.585. The Bertz CT molecular complexity index is 1370. The van der Waals surface area contributed by atoms with Crippen LogP contribution in [-0.4, -0.2) is 23.5 Å². The summed E-state index contributed by atoms with van der Waals surface area (Å²) >= 11 is 8.81. The van der Waals surface area contributed by atoms with Crippen molar-refractivity contribution in [3.05, 3.63) is 93.2 Å². The van der Waals surface area contributed by atoms with Crippen LogP contribution in [0.3, 0.4) is 0 Å². The lowest BCUT2D eigenvalue weighted by Crippen LogP contribution is -2.54. The van der Waals surface area contributed by atoms with Crippen molar-refractivity contribution < 1.29 is 23.5 Å². The van der Waals surface area contributed by atoms with E-state index in [0.717, 1.165) is 17.5 Å². The van der Waals surface area contributed by atoms with Gasteiger partial charge in [-0.15, -0.1) is 0 Å². The predicted octanol–water partition coefficient (Wildman–Crippen LogP) is 5.96. The van der Waals surface area contributed by atoms with Gasteiger partial charge in [0.05, 0.1) is 12.3 Å². The molecule has 1 N–H and O–H groups in total. The SMILES string of the molecule is CCOc1cc(/C=C2\C(=O)NC(=S)N(c3ccc(CC)cc3)C2=O)c(Br)cc1OCc1ccc(F)cc1. The first-order valence-corrected chi connectivity index (χ1v) is 12.8. The van der Waals surface area contributed by atoms with E-state index in [1.165, 1.54) is 23.1 Å². The summed E-state index contributed by atoms with van der Waals surface area (Å²) in [7, 11) is 0. The second-order valence-corrected chi connectivity index (χ2v) is 9.39. The molecule has 190 valence electrons. The smallest absolute Gasteiger partial charge is 0.270 e. The topological polar surface area (TPSA) is 67.9 Å². The van der Waals surface area contributed by atoms with Gasteiger partial charge >= 0.3 is 0 Å². The van der Waals surface area contributed by atoms with Crippen molar-refractivity contribution in [2.45, 2.75) is 26.9 Å². The molecule has 0 aromatic heterocycles. The highest BCUT2D eigenvalue weighted by Gasteiger charge is 2.34. The van der Waals surface area contributed by atoms with Gasteiger partial charge in [0.25, 0.3) is 11.8 Å². The van der Waals surface area contributed by atoms with Crippen molar-refractivity contribution in [3.8, 4) is 11.5 Å². The first-order valence-electron chi connectivity index (χ1n) is 11.6. The Morgan fingerprint density at radius 2 is 1.62 bits per heavy atom. The number of carbonyl (C=O) groups is 2. The zero-order valence-corrected chi connectivity index (χ0v) is 22.6. The van der Waals surface area contributed by atoms with Gasteiger partial charge in [-0.2, -0.15) is 0 Å². The second-order valence-electron chi connectivity index (χ2n) is 8.15. The standard InChI is InChI=1S/C28H24BrFN2O4S/c1-3-17-7-11-21(12-8-17)32-27(34)22(26(33)31-28(32)37)13-19-14-24(35-4-2)25(15-23(19)29)36-16-18-5-9-20(30)10-6-18/h5-15H,3-4,16H2,1-2H3,(H,31,33,37)/b22-13+. The van der Waals surface area contributed by atoms with Crippen molar-refractivity contribution in [3.63, 3.8) is 0 Å². The van der Waals surface area contributed by atoms with E-state index in [4.69, 9.17) is 21.7 Å². The van der Waals surface area contributed by atoms with Crippen LogP contribution < -0.4 is 19.7 Å². The molecule has 37 heavy (non-hydrogen) atoms. The van der Waals surface area contributed by atoms with Gasteiger partial charge in [0, 0.05) is 4.47 Å². The molecule has 4 rings (SSSR count). The molecule has 0 radical (unpaired) electrons. The molecule has 0 unspecified atom stereocenters. The van der Waals surface area contributed by atoms with Crippen LogP contribution in [0.5, 0.6) is 11.5 Å². The fourth-order valence-electron chi connectivity index (χ4n) is 3.71. The lowest BCUT2D eigenvalue weighted by Gasteiger charge is -2.29. The van der Waals surface area contributed by atoms with Gasteiger partial charge in [-0.1, -0.05) is 47.1 Å². The first-order chi connectivity index (χ1) is 17.8. The summed E-state index contributed by atoms with van der Waals surface area (Å²) in [6.45, 7) is 4.46. The molecule has 1 aliphatic rings. The Balaban J connectivity index is 1.64. The summed E-state index contributed by atoms with van der Waals surface area (Å²) in [5.74, 6) is -0.542. The van der Waals surface area contributed by atoms with Crippen LogP contribution in [0.25, 0.3) is 6.08 Å². The monoisotopic (exact) mass is 582 g/mol. The largest absolute Gasteiger partial charge is 0.490 e. The molecular weight excluding hydrogens is 559 g/mol. The minimum absolute atomic E-state index is 0.0232. The molecule has 0 aliphatic carbocycles. The zero-order valence-electron chi connectivity index (χ0n) is 20.2. The molecule has 6 nitrogen and oxygen atoms in total. The fourth-order valence-corrected chi connectivity index (χ4v) is 4.43. The molecule has 2 amide bonds. The predicted molar refractivity (Wildman–Crippen MR) is 148 cm³/mol. The Morgan fingerprint density at radius 1 is 0.973 bits per heavy atom. The molecule has 3 aromatic rings. The Labute approximate surface area is 228 Å². The molecular formula is C28H24BrFN2O4S. The molecule has 0 spiro atoms. The Kier molecular flexibility index (Phi) is 8.35. The van der Waals surface area contributed by atoms with E-state index in [1.807, 2.05) is 26.0 Å². The van der Waals surface area contributed by atoms with Crippen molar-refractivity contribution >= 4 is 56.8 Å². The Morgan fingerprint density at radius 3 is 2.27 bits per heavy atom. The van der Waals surface area contributed by atoms with Gasteiger partial charge in [-0.3, -0.25) is 19.8 Å². The first kappa shape index (κ1) is 26.5. The van der Waals surface area contributed by atoms with E-state index in [2.05, 4.69) is 21.2 Å². The van der Waals surface area contributed by atoms with Crippen LogP contribution in [0.4, 0.5) is 10.1 Å². The zero-order chi connectivity index (χ0) is 26.5. The molecule has 1 aliphatic heterocycles. The fraction of sp³-hybridized carbons (Fsp3) is 0.179. The number of rotatable bonds is 8. The number of thiocarbonyl (C=S) groups is 1. The van der Waals surface area contributed by atoms with E-state index >= 15 is 0 Å². The molecule has 0 atom stereocenters. The van der Waals surface area contributed by atoms with Gasteiger partial charge in [-0.25, -0.2) is 4.39 Å². The third-order valence-corrected chi connectivity index (χ3v) is 6.65. The van der Waals surface area contributed by atoms with Gasteiger partial charge in [-0.05, 0) is 84.7 Å². The number of nitrogens with one attached hydrogen (secondary N) is 1. The number of benzene rings is 3. The van der Waals surface area contributed by atoms with Crippen molar-refractivity contribution in [1.29, 1.82) is 0 Å². The number of ether oxygens (including phenoxy) is 2. The molecule has 3 aromatic carbocycles. The number of anilines is 1. The second kappa shape index (κ2) is 11.7. The minimum Gasteiger partial charge on any atom is -0.490 e. The van der Waals surface area contributed by atoms with Gasteiger partial charge < -0.3 is 9.47 Å². The van der Waals surface area contributed by atoms with E-state index in [0.29, 0.717) is 33.8 Å². The Hall–Kier alpha value is -3.56. The maximum absolute atomic E-state index is 13.4. The van der Waals surface area contributed by atoms with E-state index in [1.54, 1.807) is 36.4 Å². The lowest BCUT2D eigenvalue weighted by molar-refractivity contribution is -0.122. The third kappa shape index (κ3) is 6.06. The number of nitrogens with zero attached hydrogens (tertiary/aromatic N) is 1. The highest BCUT2D eigenvalue weighted by Crippen LogP contribution is 2.36. The highest BCUT2D eigenvalue weighted by molar-refractivity contribution is 9.10. The van der Waals surface area contributed by atoms with Crippen LogP contribution in [0, 0.1) is 5.82 Å². The van der Waals surface area contributed by atoms with E-state index in [9.17, 15) is 14.0 Å². The lowest BCUT2D eigenvalue weighted by atomic mass is 10.1. The normalized spacial score (nSPS) is 14.6. The molecule has 9 heteroatoms. The molecule has 1 fully saturated rings. The van der Waals surface area contributed by atoms with Crippen LogP contribution >= 0.6 is 28.1 Å². The number of hydrogen-bond acceptors (Lipinski definition) is 5. The van der Waals surface area contributed by atoms with Gasteiger partial charge in [0.15, 0.2) is 16.6 Å². The van der Waals surface area contributed by atoms with Gasteiger partial charge in [0.2, 0.25) is 0 Å². The van der Waals surface area contributed by atoms with E-state index < -0.39 is 11.8 Å². The number of halogens is 2. The summed E-state index contributed by atoms with van der Waals surface area (Å²) in [5, 5.41) is 2.62. The maximum Gasteiger partial charge on any atom is 0.270 e. The van der Waals surface area contributed by atoms with Gasteiger partial charge in [0.1, 0.15) is 18.0 Å². The van der Waals surface area contributed by atoms with Crippen LogP contribution in [0.15, 0.2) is 70.7 Å². The molecule has 1 heterocycles. The maximum atomic E-state index is 13.4. The summed E-state index contributed by atoms with van der Waals surface area (Å²) < 4.78 is 25.5. The van der Waals surface area contributed by atoms with Crippen LogP contribution in [0.1, 0.15) is 30.5 Å². The summed E-state index contributed by atoms with van der Waals surface area (Å²) in [6, 6.07) is 16.8. The average molecular weight is 583 g/mol. The summed E-state index contributed by atoms with van der Waals surface area (Å²) in [4.78, 5) is 27.5. The number of amides is 2. The summed E-state index contributed by atoms with van der Waals surface area (Å²) in [6.07, 6.45) is 2.35. The number of carbonyl (C=O) groups excluding carboxylic acids is 2. The van der Waals surface area contributed by atoms with Crippen molar-refractivity contribution in [1.82, 2.24) is 5.32 Å². The number of hydrogen-bond donors (Lipinski definition) is 1. The highest BCUT2D eigenvalue weighted by atomic mass is 79.9.